The van der Waals surface area contributed by atoms with Crippen LogP contribution in [0.2, 0.25) is 5.02 Å². The van der Waals surface area contributed by atoms with Crippen LogP contribution >= 0.6 is 11.6 Å². The number of benzene rings is 3. The Morgan fingerprint density at radius 2 is 1.58 bits per heavy atom. The van der Waals surface area contributed by atoms with Crippen LogP contribution in [0.1, 0.15) is 11.1 Å². The molecular weight excluding hydrogens is 410 g/mol. The molecule has 0 unspecified atom stereocenters. The van der Waals surface area contributed by atoms with Gasteiger partial charge in [-0.2, -0.15) is 5.10 Å². The molecule has 1 aromatic heterocycles. The second kappa shape index (κ2) is 9.49. The molecular formula is C25H22ClN3O2. The molecule has 0 aliphatic heterocycles. The Balaban J connectivity index is 1.68. The Bertz CT molecular complexity index is 1210. The van der Waals surface area contributed by atoms with Crippen molar-refractivity contribution in [3.05, 3.63) is 95.1 Å². The van der Waals surface area contributed by atoms with Gasteiger partial charge in [0.2, 0.25) is 0 Å². The van der Waals surface area contributed by atoms with E-state index in [0.717, 1.165) is 44.9 Å². The molecule has 0 aliphatic rings. The van der Waals surface area contributed by atoms with Crippen LogP contribution in [0.25, 0.3) is 10.9 Å². The summed E-state index contributed by atoms with van der Waals surface area (Å²) < 4.78 is 10.6. The van der Waals surface area contributed by atoms with Crippen molar-refractivity contribution < 1.29 is 9.47 Å². The molecule has 0 atom stereocenters. The molecule has 0 bridgehead atoms. The summed E-state index contributed by atoms with van der Waals surface area (Å²) in [6.07, 6.45) is 2.39. The number of aromatic nitrogens is 1. The van der Waals surface area contributed by atoms with E-state index in [4.69, 9.17) is 26.2 Å². The van der Waals surface area contributed by atoms with Crippen LogP contribution in [0, 0.1) is 0 Å². The van der Waals surface area contributed by atoms with E-state index < -0.39 is 0 Å². The first-order valence-corrected chi connectivity index (χ1v) is 10.2. The molecule has 0 radical (unpaired) electrons. The van der Waals surface area contributed by atoms with Crippen molar-refractivity contribution in [2.45, 2.75) is 6.42 Å². The highest BCUT2D eigenvalue weighted by molar-refractivity contribution is 6.31. The van der Waals surface area contributed by atoms with Gasteiger partial charge >= 0.3 is 0 Å². The number of hydrogen-bond acceptors (Lipinski definition) is 5. The molecule has 3 aromatic carbocycles. The van der Waals surface area contributed by atoms with Gasteiger partial charge in [0, 0.05) is 23.0 Å². The molecule has 0 saturated heterocycles. The first kappa shape index (κ1) is 20.7. The Labute approximate surface area is 186 Å². The van der Waals surface area contributed by atoms with E-state index in [1.165, 1.54) is 0 Å². The van der Waals surface area contributed by atoms with Crippen molar-refractivity contribution in [2.24, 2.45) is 5.10 Å². The standard InChI is InChI=1S/C25H22ClN3O2/c1-30-20-8-3-17(4-9-20)15-24(18-5-10-21(31-2)11-6-18)29-28-23-13-14-27-25-16-19(26)7-12-22(23)25/h3-14,16H,15H2,1-2H3,(H,27,28)/b29-24-. The molecule has 5 nitrogen and oxygen atoms in total. The van der Waals surface area contributed by atoms with Crippen molar-refractivity contribution in [1.82, 2.24) is 4.98 Å². The second-order valence-corrected chi connectivity index (χ2v) is 7.38. The van der Waals surface area contributed by atoms with Crippen molar-refractivity contribution in [3.63, 3.8) is 0 Å². The minimum absolute atomic E-state index is 0.651. The normalized spacial score (nSPS) is 11.4. The van der Waals surface area contributed by atoms with Crippen LogP contribution in [0.4, 0.5) is 5.69 Å². The summed E-state index contributed by atoms with van der Waals surface area (Å²) in [5, 5.41) is 6.37. The van der Waals surface area contributed by atoms with Gasteiger partial charge in [0.25, 0.3) is 0 Å². The Morgan fingerprint density at radius 1 is 0.903 bits per heavy atom. The second-order valence-electron chi connectivity index (χ2n) is 6.94. The fourth-order valence-electron chi connectivity index (χ4n) is 3.27. The lowest BCUT2D eigenvalue weighted by Gasteiger charge is -2.11. The first-order valence-electron chi connectivity index (χ1n) is 9.80. The van der Waals surface area contributed by atoms with Gasteiger partial charge in [-0.1, -0.05) is 23.7 Å². The highest BCUT2D eigenvalue weighted by Crippen LogP contribution is 2.25. The van der Waals surface area contributed by atoms with E-state index in [1.807, 2.05) is 72.8 Å². The summed E-state index contributed by atoms with van der Waals surface area (Å²) in [4.78, 5) is 4.39. The zero-order valence-corrected chi connectivity index (χ0v) is 18.1. The van der Waals surface area contributed by atoms with Gasteiger partial charge in [-0.3, -0.25) is 10.4 Å². The Hall–Kier alpha value is -3.57. The molecule has 1 heterocycles. The van der Waals surface area contributed by atoms with E-state index in [9.17, 15) is 0 Å². The van der Waals surface area contributed by atoms with Gasteiger partial charge in [0.1, 0.15) is 11.5 Å². The summed E-state index contributed by atoms with van der Waals surface area (Å²) in [6, 6.07) is 23.4. The van der Waals surface area contributed by atoms with Gasteiger partial charge in [-0.05, 0) is 71.8 Å². The van der Waals surface area contributed by atoms with E-state index in [1.54, 1.807) is 20.4 Å². The van der Waals surface area contributed by atoms with E-state index in [0.29, 0.717) is 11.4 Å². The average molecular weight is 432 g/mol. The number of rotatable bonds is 7. The number of methoxy groups -OCH3 is 2. The number of ether oxygens (including phenoxy) is 2. The quantitative estimate of drug-likeness (QED) is 0.289. The van der Waals surface area contributed by atoms with Crippen molar-refractivity contribution in [1.29, 1.82) is 0 Å². The van der Waals surface area contributed by atoms with Crippen molar-refractivity contribution >= 4 is 33.9 Å². The van der Waals surface area contributed by atoms with Crippen LogP contribution in [0.5, 0.6) is 11.5 Å². The third kappa shape index (κ3) is 4.95. The molecule has 0 fully saturated rings. The summed E-state index contributed by atoms with van der Waals surface area (Å²) in [5.41, 5.74) is 7.93. The number of hydrazone groups is 1. The van der Waals surface area contributed by atoms with Crippen LogP contribution in [0.3, 0.4) is 0 Å². The fourth-order valence-corrected chi connectivity index (χ4v) is 3.44. The maximum Gasteiger partial charge on any atom is 0.118 e. The molecule has 4 rings (SSSR count). The predicted molar refractivity (Wildman–Crippen MR) is 127 cm³/mol. The SMILES string of the molecule is COc1ccc(C/C(=N/Nc2ccnc3cc(Cl)ccc23)c2ccc(OC)cc2)cc1. The molecule has 31 heavy (non-hydrogen) atoms. The van der Waals surface area contributed by atoms with Gasteiger partial charge in [-0.25, -0.2) is 0 Å². The zero-order valence-electron chi connectivity index (χ0n) is 17.3. The van der Waals surface area contributed by atoms with Crippen molar-refractivity contribution in [2.75, 3.05) is 19.6 Å². The van der Waals surface area contributed by atoms with Crippen LogP contribution < -0.4 is 14.9 Å². The third-order valence-corrected chi connectivity index (χ3v) is 5.21. The summed E-state index contributed by atoms with van der Waals surface area (Å²) in [6.45, 7) is 0. The van der Waals surface area contributed by atoms with Crippen molar-refractivity contribution in [3.8, 4) is 11.5 Å². The predicted octanol–water partition coefficient (Wildman–Crippen LogP) is 5.96. The fraction of sp³-hybridized carbons (Fsp3) is 0.120. The van der Waals surface area contributed by atoms with Gasteiger partial charge < -0.3 is 9.47 Å². The maximum absolute atomic E-state index is 6.11. The molecule has 0 aliphatic carbocycles. The van der Waals surface area contributed by atoms with Gasteiger partial charge in [0.15, 0.2) is 0 Å². The average Bonchev–Trinajstić information content (AvgIpc) is 2.82. The lowest BCUT2D eigenvalue weighted by molar-refractivity contribution is 0.414. The van der Waals surface area contributed by atoms with Crippen LogP contribution in [0.15, 0.2) is 84.1 Å². The maximum atomic E-state index is 6.11. The summed E-state index contributed by atoms with van der Waals surface area (Å²) in [5.74, 6) is 1.63. The Morgan fingerprint density at radius 3 is 2.26 bits per heavy atom. The molecule has 1 N–H and O–H groups in total. The highest BCUT2D eigenvalue weighted by Gasteiger charge is 2.08. The lowest BCUT2D eigenvalue weighted by Crippen LogP contribution is -2.09. The molecule has 0 spiro atoms. The molecule has 6 heteroatoms. The third-order valence-electron chi connectivity index (χ3n) is 4.97. The zero-order chi connectivity index (χ0) is 21.6. The Kier molecular flexibility index (Phi) is 6.34. The summed E-state index contributed by atoms with van der Waals surface area (Å²) in [7, 11) is 3.32. The van der Waals surface area contributed by atoms with E-state index in [2.05, 4.69) is 10.4 Å². The minimum atomic E-state index is 0.651. The van der Waals surface area contributed by atoms with Crippen LogP contribution in [-0.2, 0) is 6.42 Å². The molecule has 4 aromatic rings. The smallest absolute Gasteiger partial charge is 0.118 e. The number of fused-ring (bicyclic) bond motifs is 1. The highest BCUT2D eigenvalue weighted by atomic mass is 35.5. The number of hydrogen-bond donors (Lipinski definition) is 1. The minimum Gasteiger partial charge on any atom is -0.497 e. The van der Waals surface area contributed by atoms with Gasteiger partial charge in [0.05, 0.1) is 31.1 Å². The van der Waals surface area contributed by atoms with Gasteiger partial charge in [-0.15, -0.1) is 0 Å². The first-order chi connectivity index (χ1) is 15.2. The number of halogens is 1. The molecule has 0 saturated carbocycles. The number of nitrogens with one attached hydrogen (secondary N) is 1. The number of anilines is 1. The molecule has 156 valence electrons. The number of nitrogens with zero attached hydrogens (tertiary/aromatic N) is 2. The van der Waals surface area contributed by atoms with E-state index in [-0.39, 0.29) is 0 Å². The van der Waals surface area contributed by atoms with E-state index >= 15 is 0 Å². The van der Waals surface area contributed by atoms with Crippen LogP contribution in [-0.4, -0.2) is 24.9 Å². The summed E-state index contributed by atoms with van der Waals surface area (Å²) >= 11 is 6.11. The topological polar surface area (TPSA) is 55.7 Å². The molecule has 0 amide bonds. The number of pyridine rings is 1. The monoisotopic (exact) mass is 431 g/mol. The largest absolute Gasteiger partial charge is 0.497 e. The lowest BCUT2D eigenvalue weighted by atomic mass is 10.0.